The number of carbonyl (C=O) groups is 1. The highest BCUT2D eigenvalue weighted by molar-refractivity contribution is 6.14. The van der Waals surface area contributed by atoms with Crippen LogP contribution in [0.15, 0.2) is 30.6 Å². The van der Waals surface area contributed by atoms with Crippen LogP contribution in [-0.4, -0.2) is 76.2 Å². The maximum absolute atomic E-state index is 13.0. The number of alkyl halides is 4. The van der Waals surface area contributed by atoms with Crippen LogP contribution < -0.4 is 15.4 Å². The molecule has 3 heterocycles. The van der Waals surface area contributed by atoms with E-state index in [0.29, 0.717) is 30.8 Å². The van der Waals surface area contributed by atoms with Gasteiger partial charge in [0.25, 0.3) is 11.8 Å². The van der Waals surface area contributed by atoms with Crippen LogP contribution >= 0.6 is 0 Å². The van der Waals surface area contributed by atoms with Gasteiger partial charge >= 0.3 is 6.61 Å². The summed E-state index contributed by atoms with van der Waals surface area (Å²) in [6.45, 7) is 0.940. The van der Waals surface area contributed by atoms with Gasteiger partial charge in [0.1, 0.15) is 17.0 Å². The summed E-state index contributed by atoms with van der Waals surface area (Å²) in [6.07, 6.45) is 3.38. The van der Waals surface area contributed by atoms with E-state index in [9.17, 15) is 22.4 Å². The summed E-state index contributed by atoms with van der Waals surface area (Å²) in [4.78, 5) is 25.8. The summed E-state index contributed by atoms with van der Waals surface area (Å²) in [5.74, 6) is -3.13. The number of rotatable bonds is 11. The number of fused-ring (bicyclic) bond motifs is 1. The molecule has 9 nitrogen and oxygen atoms in total. The first-order chi connectivity index (χ1) is 17.5. The number of aromatic nitrogens is 3. The van der Waals surface area contributed by atoms with Gasteiger partial charge in [-0.2, -0.15) is 8.78 Å². The molecule has 0 saturated carbocycles. The number of H-pyrrole nitrogens is 1. The molecular formula is C24H27F4N7O2. The Morgan fingerprint density at radius 3 is 2.70 bits per heavy atom. The molecule has 0 bridgehead atoms. The zero-order valence-corrected chi connectivity index (χ0v) is 20.2. The van der Waals surface area contributed by atoms with Crippen LogP contribution in [0.2, 0.25) is 0 Å². The smallest absolute Gasteiger partial charge is 0.387 e. The highest BCUT2D eigenvalue weighted by Crippen LogP contribution is 2.28. The first-order valence-corrected chi connectivity index (χ1v) is 11.7. The minimum atomic E-state index is -3.05. The Labute approximate surface area is 210 Å². The first-order valence-electron chi connectivity index (χ1n) is 11.7. The summed E-state index contributed by atoms with van der Waals surface area (Å²) < 4.78 is 56.2. The molecule has 0 unspecified atom stereocenters. The molecule has 1 fully saturated rings. The minimum Gasteiger partial charge on any atom is -0.435 e. The van der Waals surface area contributed by atoms with Crippen molar-refractivity contribution in [3.05, 3.63) is 47.4 Å². The monoisotopic (exact) mass is 521 g/mol. The Hall–Kier alpha value is -3.74. The summed E-state index contributed by atoms with van der Waals surface area (Å²) >= 11 is 0. The zero-order valence-electron chi connectivity index (χ0n) is 20.2. The highest BCUT2D eigenvalue weighted by Gasteiger charge is 2.43. The van der Waals surface area contributed by atoms with E-state index >= 15 is 0 Å². The number of benzene rings is 1. The van der Waals surface area contributed by atoms with Gasteiger partial charge in [-0.25, -0.2) is 18.7 Å². The molecule has 13 heteroatoms. The molecule has 4 N–H and O–H groups in total. The Bertz CT molecular complexity index is 1290. The van der Waals surface area contributed by atoms with Crippen molar-refractivity contribution in [3.63, 3.8) is 0 Å². The van der Waals surface area contributed by atoms with Crippen LogP contribution in [0.4, 0.5) is 23.2 Å². The Kier molecular flexibility index (Phi) is 7.62. The van der Waals surface area contributed by atoms with Gasteiger partial charge < -0.3 is 20.4 Å². The van der Waals surface area contributed by atoms with Crippen LogP contribution in [0.1, 0.15) is 41.9 Å². The van der Waals surface area contributed by atoms with Gasteiger partial charge in [-0.15, -0.1) is 0 Å². The number of nitrogens with zero attached hydrogens (tertiary/aromatic N) is 3. The maximum Gasteiger partial charge on any atom is 0.387 e. The van der Waals surface area contributed by atoms with Gasteiger partial charge in [-0.3, -0.25) is 15.1 Å². The Morgan fingerprint density at radius 1 is 1.27 bits per heavy atom. The van der Waals surface area contributed by atoms with E-state index in [2.05, 4.69) is 30.3 Å². The third kappa shape index (κ3) is 6.34. The van der Waals surface area contributed by atoms with E-state index in [1.807, 2.05) is 13.8 Å². The molecule has 1 amide bonds. The van der Waals surface area contributed by atoms with Crippen LogP contribution in [0.25, 0.3) is 11.2 Å². The van der Waals surface area contributed by atoms with Crippen LogP contribution in [0, 0.1) is 5.41 Å². The molecule has 37 heavy (non-hydrogen) atoms. The van der Waals surface area contributed by atoms with Gasteiger partial charge in [0.2, 0.25) is 0 Å². The lowest BCUT2D eigenvalue weighted by Crippen LogP contribution is -2.56. The van der Waals surface area contributed by atoms with Crippen molar-refractivity contribution < 1.29 is 27.1 Å². The molecular weight excluding hydrogens is 494 g/mol. The van der Waals surface area contributed by atoms with Gasteiger partial charge in [0.05, 0.1) is 30.6 Å². The number of likely N-dealkylation sites (tertiary alicyclic amines) is 1. The predicted molar refractivity (Wildman–Crippen MR) is 130 cm³/mol. The number of aromatic amines is 1. The summed E-state index contributed by atoms with van der Waals surface area (Å²) in [5.41, 5.74) is 1.55. The molecule has 0 aliphatic carbocycles. The molecule has 1 aromatic carbocycles. The van der Waals surface area contributed by atoms with E-state index in [4.69, 9.17) is 5.41 Å². The number of ether oxygens (including phenoxy) is 1. The van der Waals surface area contributed by atoms with Gasteiger partial charge in [0.15, 0.2) is 5.65 Å². The average molecular weight is 522 g/mol. The van der Waals surface area contributed by atoms with Gasteiger partial charge in [-0.1, -0.05) is 0 Å². The summed E-state index contributed by atoms with van der Waals surface area (Å²) in [6, 6.07) is 4.04. The highest BCUT2D eigenvalue weighted by atomic mass is 19.3. The third-order valence-electron chi connectivity index (χ3n) is 5.66. The molecule has 0 atom stereocenters. The molecule has 0 radical (unpaired) electrons. The molecule has 3 aromatic rings. The number of hydrogen-bond donors (Lipinski definition) is 4. The fourth-order valence-electron chi connectivity index (χ4n) is 4.02. The number of nitrogens with one attached hydrogen (secondary N) is 4. The minimum absolute atomic E-state index is 0.101. The van der Waals surface area contributed by atoms with E-state index in [1.165, 1.54) is 30.6 Å². The van der Waals surface area contributed by atoms with Crippen molar-refractivity contribution >= 4 is 28.5 Å². The van der Waals surface area contributed by atoms with Crippen LogP contribution in [-0.2, 0) is 0 Å². The lowest BCUT2D eigenvalue weighted by Gasteiger charge is -2.38. The second-order valence-electron chi connectivity index (χ2n) is 9.09. The number of carbonyl (C=O) groups excluding carboxylic acids is 1. The van der Waals surface area contributed by atoms with E-state index in [0.717, 1.165) is 0 Å². The zero-order chi connectivity index (χ0) is 26.7. The van der Waals surface area contributed by atoms with Crippen molar-refractivity contribution in [1.82, 2.24) is 25.2 Å². The Balaban J connectivity index is 1.56. The average Bonchev–Trinajstić information content (AvgIpc) is 3.23. The van der Waals surface area contributed by atoms with Crippen molar-refractivity contribution in [2.24, 2.45) is 0 Å². The van der Waals surface area contributed by atoms with Gasteiger partial charge in [0, 0.05) is 36.6 Å². The third-order valence-corrected chi connectivity index (χ3v) is 5.66. The van der Waals surface area contributed by atoms with Crippen molar-refractivity contribution in [2.75, 3.05) is 31.5 Å². The number of anilines is 1. The molecule has 1 saturated heterocycles. The second kappa shape index (κ2) is 10.7. The Morgan fingerprint density at radius 2 is 2.03 bits per heavy atom. The van der Waals surface area contributed by atoms with Crippen molar-refractivity contribution in [3.8, 4) is 5.75 Å². The number of amides is 1. The second-order valence-corrected chi connectivity index (χ2v) is 9.09. The van der Waals surface area contributed by atoms with E-state index in [-0.39, 0.29) is 58.8 Å². The normalized spacial score (nSPS) is 15.1. The molecule has 198 valence electrons. The quantitative estimate of drug-likeness (QED) is 0.173. The molecule has 1 aliphatic heterocycles. The fraction of sp³-hybridized carbons (Fsp3) is 0.417. The van der Waals surface area contributed by atoms with E-state index < -0.39 is 12.5 Å². The summed E-state index contributed by atoms with van der Waals surface area (Å²) in [5, 5.41) is 14.7. The molecule has 4 rings (SSSR count). The fourth-order valence-corrected chi connectivity index (χ4v) is 4.02. The van der Waals surface area contributed by atoms with Crippen molar-refractivity contribution in [2.45, 2.75) is 38.8 Å². The summed E-state index contributed by atoms with van der Waals surface area (Å²) in [7, 11) is 0. The topological polar surface area (TPSA) is 119 Å². The van der Waals surface area contributed by atoms with Crippen molar-refractivity contribution in [1.29, 1.82) is 5.41 Å². The largest absolute Gasteiger partial charge is 0.435 e. The molecule has 1 aliphatic rings. The molecule has 2 aromatic heterocycles. The first kappa shape index (κ1) is 26.3. The number of halogens is 4. The van der Waals surface area contributed by atoms with Gasteiger partial charge in [-0.05, 0) is 38.5 Å². The maximum atomic E-state index is 13.0. The standard InChI is InChI=1S/C24H27F4N7O2/c1-13(2)33-22(36)16-9-31-21-20(16)34-18(10-32-21)19(29)15-8-14(37-23(25)26)4-5-17(15)30-6-3-7-35-11-24(27,28)12-35/h4-5,8-10,13,23,29-30H,3,6-7,11-12H2,1-2H3,(H,31,32)(H,33,36). The van der Waals surface area contributed by atoms with Crippen LogP contribution in [0.3, 0.4) is 0 Å². The predicted octanol–water partition coefficient (Wildman–Crippen LogP) is 3.87. The van der Waals surface area contributed by atoms with Crippen LogP contribution in [0.5, 0.6) is 5.75 Å². The lowest BCUT2D eigenvalue weighted by atomic mass is 10.0. The SMILES string of the molecule is CC(C)NC(=O)c1c[nH]c2ncc(C(=N)c3cc(OC(F)F)ccc3NCCCN3CC(F)(F)C3)nc12. The molecule has 0 spiro atoms. The lowest BCUT2D eigenvalue weighted by molar-refractivity contribution is -0.130. The number of hydrogen-bond acceptors (Lipinski definition) is 7. The van der Waals surface area contributed by atoms with E-state index in [1.54, 1.807) is 4.90 Å².